The Bertz CT molecular complexity index is 336. The van der Waals surface area contributed by atoms with Crippen molar-refractivity contribution in [1.82, 2.24) is 0 Å². The highest BCUT2D eigenvalue weighted by Crippen LogP contribution is 2.25. The van der Waals surface area contributed by atoms with Gasteiger partial charge < -0.3 is 38.0 Å². The lowest BCUT2D eigenvalue weighted by molar-refractivity contribution is -0.0377. The first-order valence-electron chi connectivity index (χ1n) is 10.7. The molecule has 0 saturated heterocycles. The van der Waals surface area contributed by atoms with Crippen molar-refractivity contribution < 1.29 is 26.6 Å². The van der Waals surface area contributed by atoms with E-state index in [1.54, 1.807) is 0 Å². The molecular weight excluding hydrogens is 396 g/mol. The lowest BCUT2D eigenvalue weighted by Gasteiger charge is -2.37. The Morgan fingerprint density at radius 2 is 0.893 bits per heavy atom. The van der Waals surface area contributed by atoms with Gasteiger partial charge in [0.05, 0.1) is 12.2 Å². The highest BCUT2D eigenvalue weighted by atomic mass is 28.4. The van der Waals surface area contributed by atoms with Gasteiger partial charge in [-0.3, -0.25) is 0 Å². The van der Waals surface area contributed by atoms with Crippen LogP contribution in [0.3, 0.4) is 0 Å². The van der Waals surface area contributed by atoms with E-state index in [4.69, 9.17) is 38.0 Å². The normalized spacial score (nSPS) is 15.0. The van der Waals surface area contributed by atoms with E-state index in [0.717, 1.165) is 12.8 Å². The van der Waals surface area contributed by atoms with Crippen LogP contribution < -0.4 is 11.5 Å². The highest BCUT2D eigenvalue weighted by Gasteiger charge is 2.46. The van der Waals surface area contributed by atoms with Crippen molar-refractivity contribution in [2.45, 2.75) is 78.7 Å². The van der Waals surface area contributed by atoms with Crippen LogP contribution in [0.4, 0.5) is 0 Å². The Labute approximate surface area is 174 Å². The second-order valence-electron chi connectivity index (χ2n) is 6.53. The van der Waals surface area contributed by atoms with Crippen LogP contribution >= 0.6 is 0 Å². The fourth-order valence-electron chi connectivity index (χ4n) is 2.90. The van der Waals surface area contributed by atoms with E-state index in [1.807, 2.05) is 41.5 Å². The molecule has 0 aromatic heterocycles. The molecule has 0 saturated carbocycles. The van der Waals surface area contributed by atoms with Crippen LogP contribution in [-0.4, -0.2) is 69.3 Å². The molecule has 2 atom stereocenters. The second-order valence-corrected chi connectivity index (χ2v) is 11.9. The molecule has 0 spiro atoms. The Morgan fingerprint density at radius 3 is 1.11 bits per heavy atom. The third kappa shape index (κ3) is 10.2. The van der Waals surface area contributed by atoms with Crippen molar-refractivity contribution in [3.05, 3.63) is 0 Å². The van der Waals surface area contributed by atoms with Crippen molar-refractivity contribution in [2.24, 2.45) is 11.5 Å². The van der Waals surface area contributed by atoms with Gasteiger partial charge in [-0.1, -0.05) is 0 Å². The van der Waals surface area contributed by atoms with Crippen molar-refractivity contribution in [3.8, 4) is 0 Å². The summed E-state index contributed by atoms with van der Waals surface area (Å²) in [5, 5.41) is 0. The Balaban J connectivity index is 5.28. The van der Waals surface area contributed by atoms with Gasteiger partial charge in [-0.2, -0.15) is 0 Å². The van der Waals surface area contributed by atoms with E-state index in [2.05, 4.69) is 0 Å². The number of rotatable bonds is 19. The lowest BCUT2D eigenvalue weighted by atomic mass is 10.3. The molecule has 0 heterocycles. The van der Waals surface area contributed by atoms with E-state index in [0.29, 0.717) is 51.6 Å². The molecular formula is C18H44N2O6Si2. The first-order chi connectivity index (χ1) is 13.4. The fraction of sp³-hybridized carbons (Fsp3) is 1.00. The molecule has 0 rings (SSSR count). The zero-order valence-electron chi connectivity index (χ0n) is 18.8. The molecule has 0 fully saturated rings. The molecule has 0 bridgehead atoms. The van der Waals surface area contributed by atoms with Gasteiger partial charge in [0, 0.05) is 38.5 Å². The molecule has 0 aromatic rings. The van der Waals surface area contributed by atoms with Crippen molar-refractivity contribution in [1.29, 1.82) is 0 Å². The molecule has 28 heavy (non-hydrogen) atoms. The summed E-state index contributed by atoms with van der Waals surface area (Å²) in [6.45, 7) is 15.0. The van der Waals surface area contributed by atoms with Crippen LogP contribution in [0.5, 0.6) is 0 Å². The zero-order valence-corrected chi connectivity index (χ0v) is 20.8. The maximum absolute atomic E-state index is 6.39. The number of nitrogens with two attached hydrogens (primary N) is 2. The molecule has 10 heteroatoms. The van der Waals surface area contributed by atoms with Crippen molar-refractivity contribution >= 4 is 17.6 Å². The summed E-state index contributed by atoms with van der Waals surface area (Å²) >= 11 is 0. The van der Waals surface area contributed by atoms with Crippen LogP contribution in [0, 0.1) is 0 Å². The summed E-state index contributed by atoms with van der Waals surface area (Å²) in [4.78, 5) is 0. The topological polar surface area (TPSA) is 107 Å². The SMILES string of the molecule is CCO[Si](CCCN)(OCC)OC(C)[C@H](C)O[Si](CCCN)(OCC)OCC. The minimum Gasteiger partial charge on any atom is -0.374 e. The summed E-state index contributed by atoms with van der Waals surface area (Å²) in [6.07, 6.45) is 1.10. The predicted octanol–water partition coefficient (Wildman–Crippen LogP) is 2.52. The molecule has 0 radical (unpaired) electrons. The third-order valence-electron chi connectivity index (χ3n) is 4.22. The smallest absolute Gasteiger partial charge is 0.374 e. The molecule has 1 unspecified atom stereocenters. The average Bonchev–Trinajstić information content (AvgIpc) is 2.65. The van der Waals surface area contributed by atoms with Gasteiger partial charge in [0.1, 0.15) is 0 Å². The van der Waals surface area contributed by atoms with Gasteiger partial charge in [0.25, 0.3) is 0 Å². The Hall–Kier alpha value is 0.114. The summed E-state index contributed by atoms with van der Waals surface area (Å²) in [6, 6.07) is 1.38. The predicted molar refractivity (Wildman–Crippen MR) is 116 cm³/mol. The van der Waals surface area contributed by atoms with Crippen LogP contribution in [0.1, 0.15) is 54.4 Å². The molecule has 8 nitrogen and oxygen atoms in total. The Kier molecular flexibility index (Phi) is 16.0. The Morgan fingerprint density at radius 1 is 0.607 bits per heavy atom. The third-order valence-corrected chi connectivity index (χ3v) is 10.5. The van der Waals surface area contributed by atoms with Crippen LogP contribution in [-0.2, 0) is 26.6 Å². The van der Waals surface area contributed by atoms with Gasteiger partial charge in [-0.15, -0.1) is 0 Å². The molecule has 0 amide bonds. The van der Waals surface area contributed by atoms with E-state index < -0.39 is 17.6 Å². The van der Waals surface area contributed by atoms with Crippen molar-refractivity contribution in [3.63, 3.8) is 0 Å². The number of hydrogen-bond donors (Lipinski definition) is 2. The fourth-order valence-corrected chi connectivity index (χ4v) is 8.70. The maximum atomic E-state index is 6.39. The van der Waals surface area contributed by atoms with E-state index in [-0.39, 0.29) is 12.2 Å². The molecule has 0 aliphatic heterocycles. The van der Waals surface area contributed by atoms with Gasteiger partial charge in [-0.05, 0) is 67.5 Å². The number of hydrogen-bond acceptors (Lipinski definition) is 8. The van der Waals surface area contributed by atoms with Crippen LogP contribution in [0.25, 0.3) is 0 Å². The van der Waals surface area contributed by atoms with Gasteiger partial charge >= 0.3 is 17.6 Å². The molecule has 0 aliphatic rings. The summed E-state index contributed by atoms with van der Waals surface area (Å²) in [5.74, 6) is 0. The van der Waals surface area contributed by atoms with E-state index in [9.17, 15) is 0 Å². The molecule has 4 N–H and O–H groups in total. The highest BCUT2D eigenvalue weighted by molar-refractivity contribution is 6.61. The second kappa shape index (κ2) is 15.9. The monoisotopic (exact) mass is 440 g/mol. The lowest BCUT2D eigenvalue weighted by Crippen LogP contribution is -2.54. The maximum Gasteiger partial charge on any atom is 0.501 e. The van der Waals surface area contributed by atoms with Gasteiger partial charge in [-0.25, -0.2) is 0 Å². The van der Waals surface area contributed by atoms with Gasteiger partial charge in [0.2, 0.25) is 0 Å². The minimum absolute atomic E-state index is 0.242. The van der Waals surface area contributed by atoms with Crippen molar-refractivity contribution in [2.75, 3.05) is 39.5 Å². The minimum atomic E-state index is -2.83. The largest absolute Gasteiger partial charge is 0.501 e. The summed E-state index contributed by atoms with van der Waals surface area (Å²) < 4.78 is 36.8. The zero-order chi connectivity index (χ0) is 21.5. The summed E-state index contributed by atoms with van der Waals surface area (Å²) in [5.41, 5.74) is 11.4. The average molecular weight is 441 g/mol. The first kappa shape index (κ1) is 28.1. The first-order valence-corrected chi connectivity index (χ1v) is 14.6. The van der Waals surface area contributed by atoms with Crippen LogP contribution in [0.2, 0.25) is 12.1 Å². The van der Waals surface area contributed by atoms with E-state index >= 15 is 0 Å². The standard InChI is InChI=1S/C18H44N2O6Si2/c1-7-21-27(22-8-2,15-11-13-19)25-17(5)18(6)26-28(23-9-3,24-10-4)16-12-14-20/h17-18H,7-16,19-20H2,1-6H3/t17-,18?/m0/s1. The van der Waals surface area contributed by atoms with E-state index in [1.165, 1.54) is 0 Å². The quantitative estimate of drug-likeness (QED) is 0.295. The van der Waals surface area contributed by atoms with Gasteiger partial charge in [0.15, 0.2) is 0 Å². The molecule has 170 valence electrons. The van der Waals surface area contributed by atoms with Crippen LogP contribution in [0.15, 0.2) is 0 Å². The molecule has 0 aromatic carbocycles. The summed E-state index contributed by atoms with van der Waals surface area (Å²) in [7, 11) is -5.65. The molecule has 0 aliphatic carbocycles.